The molecule has 1 aromatic rings. The number of benzene rings is 1. The standard InChI is InChI=1S/C12H15N3O2/c1-17-11-4-2-3-10(8-11)15-12(16)7-9(14-15)5-6-13/h2-4,8H,5-7,13H2,1H3. The Bertz CT molecular complexity index is 457. The van der Waals surface area contributed by atoms with Crippen LogP contribution in [0.25, 0.3) is 0 Å². The number of amides is 1. The van der Waals surface area contributed by atoms with Crippen molar-refractivity contribution in [2.75, 3.05) is 18.7 Å². The summed E-state index contributed by atoms with van der Waals surface area (Å²) in [6, 6.07) is 7.27. The lowest BCUT2D eigenvalue weighted by atomic mass is 10.2. The average molecular weight is 233 g/mol. The summed E-state index contributed by atoms with van der Waals surface area (Å²) in [6.07, 6.45) is 1.01. The maximum absolute atomic E-state index is 11.8. The highest BCUT2D eigenvalue weighted by Crippen LogP contribution is 2.25. The second kappa shape index (κ2) is 4.97. The predicted molar refractivity (Wildman–Crippen MR) is 66.2 cm³/mol. The van der Waals surface area contributed by atoms with Gasteiger partial charge in [-0.3, -0.25) is 4.79 Å². The molecule has 0 saturated carbocycles. The van der Waals surface area contributed by atoms with E-state index in [0.29, 0.717) is 25.1 Å². The Morgan fingerprint density at radius 2 is 2.35 bits per heavy atom. The third kappa shape index (κ3) is 2.45. The number of nitrogens with zero attached hydrogens (tertiary/aromatic N) is 2. The lowest BCUT2D eigenvalue weighted by Crippen LogP contribution is -2.19. The molecule has 1 heterocycles. The highest BCUT2D eigenvalue weighted by atomic mass is 16.5. The number of rotatable bonds is 4. The summed E-state index contributed by atoms with van der Waals surface area (Å²) < 4.78 is 5.12. The van der Waals surface area contributed by atoms with Crippen molar-refractivity contribution in [1.82, 2.24) is 0 Å². The van der Waals surface area contributed by atoms with Gasteiger partial charge in [0.1, 0.15) is 5.75 Å². The van der Waals surface area contributed by atoms with E-state index in [1.807, 2.05) is 18.2 Å². The van der Waals surface area contributed by atoms with Crippen LogP contribution in [0.1, 0.15) is 12.8 Å². The zero-order valence-corrected chi connectivity index (χ0v) is 9.72. The highest BCUT2D eigenvalue weighted by molar-refractivity contribution is 6.13. The van der Waals surface area contributed by atoms with Gasteiger partial charge in [0.05, 0.1) is 19.2 Å². The summed E-state index contributed by atoms with van der Waals surface area (Å²) in [5, 5.41) is 5.68. The summed E-state index contributed by atoms with van der Waals surface area (Å²) >= 11 is 0. The number of hydrazone groups is 1. The van der Waals surface area contributed by atoms with Crippen molar-refractivity contribution in [3.05, 3.63) is 24.3 Å². The first-order chi connectivity index (χ1) is 8.24. The van der Waals surface area contributed by atoms with Gasteiger partial charge in [-0.05, 0) is 18.7 Å². The van der Waals surface area contributed by atoms with Crippen molar-refractivity contribution in [2.24, 2.45) is 10.8 Å². The van der Waals surface area contributed by atoms with Gasteiger partial charge in [-0.25, -0.2) is 5.01 Å². The molecule has 2 N–H and O–H groups in total. The minimum Gasteiger partial charge on any atom is -0.497 e. The molecule has 0 aliphatic carbocycles. The van der Waals surface area contributed by atoms with E-state index in [1.54, 1.807) is 13.2 Å². The van der Waals surface area contributed by atoms with E-state index in [1.165, 1.54) is 5.01 Å². The fourth-order valence-electron chi connectivity index (χ4n) is 1.73. The summed E-state index contributed by atoms with van der Waals surface area (Å²) in [5.41, 5.74) is 7.01. The molecule has 0 unspecified atom stereocenters. The molecule has 0 radical (unpaired) electrons. The second-order valence-electron chi connectivity index (χ2n) is 3.79. The first kappa shape index (κ1) is 11.6. The van der Waals surface area contributed by atoms with Crippen LogP contribution >= 0.6 is 0 Å². The van der Waals surface area contributed by atoms with Gasteiger partial charge in [0.25, 0.3) is 5.91 Å². The Morgan fingerprint density at radius 1 is 1.53 bits per heavy atom. The van der Waals surface area contributed by atoms with E-state index in [9.17, 15) is 4.79 Å². The number of hydrogen-bond donors (Lipinski definition) is 1. The van der Waals surface area contributed by atoms with E-state index < -0.39 is 0 Å². The zero-order valence-electron chi connectivity index (χ0n) is 9.72. The van der Waals surface area contributed by atoms with Crippen molar-refractivity contribution in [3.8, 4) is 5.75 Å². The first-order valence-electron chi connectivity index (χ1n) is 5.48. The van der Waals surface area contributed by atoms with Gasteiger partial charge in [0, 0.05) is 18.2 Å². The number of ether oxygens (including phenoxy) is 1. The number of carbonyl (C=O) groups is 1. The van der Waals surface area contributed by atoms with Crippen molar-refractivity contribution in [1.29, 1.82) is 0 Å². The molecule has 5 heteroatoms. The molecule has 0 bridgehead atoms. The minimum atomic E-state index is -0.0262. The van der Waals surface area contributed by atoms with Crippen LogP contribution in [0.3, 0.4) is 0 Å². The van der Waals surface area contributed by atoms with Crippen molar-refractivity contribution in [3.63, 3.8) is 0 Å². The topological polar surface area (TPSA) is 67.9 Å². The molecular formula is C12H15N3O2. The van der Waals surface area contributed by atoms with E-state index in [2.05, 4.69) is 5.10 Å². The van der Waals surface area contributed by atoms with E-state index in [0.717, 1.165) is 11.4 Å². The Labute approximate surface area is 99.9 Å². The summed E-state index contributed by atoms with van der Waals surface area (Å²) in [6.45, 7) is 0.512. The Kier molecular flexibility index (Phi) is 3.39. The van der Waals surface area contributed by atoms with Gasteiger partial charge in [-0.2, -0.15) is 5.10 Å². The maximum atomic E-state index is 11.8. The number of nitrogens with two attached hydrogens (primary N) is 1. The molecule has 1 aliphatic heterocycles. The molecule has 1 aliphatic rings. The monoisotopic (exact) mass is 233 g/mol. The van der Waals surface area contributed by atoms with E-state index in [4.69, 9.17) is 10.5 Å². The van der Waals surface area contributed by atoms with Gasteiger partial charge in [0.2, 0.25) is 0 Å². The average Bonchev–Trinajstić information content (AvgIpc) is 2.71. The maximum Gasteiger partial charge on any atom is 0.253 e. The molecule has 0 fully saturated rings. The zero-order chi connectivity index (χ0) is 12.3. The van der Waals surface area contributed by atoms with Gasteiger partial charge in [0.15, 0.2) is 0 Å². The van der Waals surface area contributed by atoms with Crippen LogP contribution in [0.2, 0.25) is 0 Å². The second-order valence-corrected chi connectivity index (χ2v) is 3.79. The molecule has 0 aromatic heterocycles. The number of hydrogen-bond acceptors (Lipinski definition) is 4. The molecule has 5 nitrogen and oxygen atoms in total. The minimum absolute atomic E-state index is 0.0262. The predicted octanol–water partition coefficient (Wildman–Crippen LogP) is 1.14. The molecule has 90 valence electrons. The third-order valence-electron chi connectivity index (χ3n) is 2.56. The summed E-state index contributed by atoms with van der Waals surface area (Å²) in [7, 11) is 1.59. The Hall–Kier alpha value is -1.88. The lowest BCUT2D eigenvalue weighted by Gasteiger charge is -2.12. The van der Waals surface area contributed by atoms with Crippen LogP contribution in [0.5, 0.6) is 5.75 Å². The molecule has 2 rings (SSSR count). The van der Waals surface area contributed by atoms with Crippen LogP contribution in [-0.4, -0.2) is 25.3 Å². The molecule has 17 heavy (non-hydrogen) atoms. The molecule has 1 amide bonds. The normalized spacial score (nSPS) is 15.1. The van der Waals surface area contributed by atoms with Crippen LogP contribution in [0, 0.1) is 0 Å². The SMILES string of the molecule is COc1cccc(N2N=C(CCN)CC2=O)c1. The van der Waals surface area contributed by atoms with Crippen LogP contribution in [0.15, 0.2) is 29.4 Å². The van der Waals surface area contributed by atoms with Crippen molar-refractivity contribution >= 4 is 17.3 Å². The molecular weight excluding hydrogens is 218 g/mol. The van der Waals surface area contributed by atoms with Crippen LogP contribution < -0.4 is 15.5 Å². The fraction of sp³-hybridized carbons (Fsp3) is 0.333. The van der Waals surface area contributed by atoms with Gasteiger partial charge in [-0.1, -0.05) is 6.07 Å². The van der Waals surface area contributed by atoms with Crippen LogP contribution in [-0.2, 0) is 4.79 Å². The van der Waals surface area contributed by atoms with E-state index >= 15 is 0 Å². The quantitative estimate of drug-likeness (QED) is 0.847. The van der Waals surface area contributed by atoms with Gasteiger partial charge < -0.3 is 10.5 Å². The first-order valence-corrected chi connectivity index (χ1v) is 5.48. The van der Waals surface area contributed by atoms with Gasteiger partial charge in [-0.15, -0.1) is 0 Å². The number of anilines is 1. The number of methoxy groups -OCH3 is 1. The van der Waals surface area contributed by atoms with E-state index in [-0.39, 0.29) is 5.91 Å². The van der Waals surface area contributed by atoms with Crippen LogP contribution in [0.4, 0.5) is 5.69 Å². The number of carbonyl (C=O) groups excluding carboxylic acids is 1. The van der Waals surface area contributed by atoms with Crippen molar-refractivity contribution in [2.45, 2.75) is 12.8 Å². The largest absolute Gasteiger partial charge is 0.497 e. The summed E-state index contributed by atoms with van der Waals surface area (Å²) in [4.78, 5) is 11.8. The Balaban J connectivity index is 2.24. The molecule has 1 aromatic carbocycles. The Morgan fingerprint density at radius 3 is 3.06 bits per heavy atom. The molecule has 0 saturated heterocycles. The summed E-state index contributed by atoms with van der Waals surface area (Å²) in [5.74, 6) is 0.680. The highest BCUT2D eigenvalue weighted by Gasteiger charge is 2.24. The third-order valence-corrected chi connectivity index (χ3v) is 2.56. The van der Waals surface area contributed by atoms with Crippen molar-refractivity contribution < 1.29 is 9.53 Å². The smallest absolute Gasteiger partial charge is 0.253 e. The lowest BCUT2D eigenvalue weighted by molar-refractivity contribution is -0.116. The molecule has 0 spiro atoms. The molecule has 0 atom stereocenters. The fourth-order valence-corrected chi connectivity index (χ4v) is 1.73. The van der Waals surface area contributed by atoms with Gasteiger partial charge >= 0.3 is 0 Å².